The number of nitrogens with zero attached hydrogens (tertiary/aromatic N) is 1. The summed E-state index contributed by atoms with van der Waals surface area (Å²) in [5, 5.41) is 3.43. The van der Waals surface area contributed by atoms with E-state index in [1.54, 1.807) is 0 Å². The number of aryl methyl sites for hydroxylation is 1. The number of nitrogens with one attached hydrogen (secondary N) is 1. The lowest BCUT2D eigenvalue weighted by atomic mass is 10.00. The van der Waals surface area contributed by atoms with E-state index in [4.69, 9.17) is 4.42 Å². The topological polar surface area (TPSA) is 28.4 Å². The first-order valence-electron chi connectivity index (χ1n) is 7.74. The second-order valence-electron chi connectivity index (χ2n) is 5.93. The van der Waals surface area contributed by atoms with Crippen LogP contribution >= 0.6 is 24.8 Å². The maximum Gasteiger partial charge on any atom is 0.121 e. The molecule has 1 atom stereocenters. The molecule has 0 spiro atoms. The van der Waals surface area contributed by atoms with Gasteiger partial charge >= 0.3 is 0 Å². The van der Waals surface area contributed by atoms with Crippen LogP contribution in [0.4, 0.5) is 0 Å². The third-order valence-corrected chi connectivity index (χ3v) is 3.97. The fourth-order valence-electron chi connectivity index (χ4n) is 2.75. The van der Waals surface area contributed by atoms with Crippen LogP contribution in [0.2, 0.25) is 0 Å². The van der Waals surface area contributed by atoms with Crippen LogP contribution in [0.25, 0.3) is 0 Å². The SMILES string of the molecule is CCc1ccc([C@@H](CCC(C)C)N2CCNCC2)o1.Cl.Cl. The molecule has 21 heavy (non-hydrogen) atoms. The first kappa shape index (κ1) is 20.8. The number of furan rings is 1. The zero-order chi connectivity index (χ0) is 13.7. The Morgan fingerprint density at radius 3 is 2.33 bits per heavy atom. The summed E-state index contributed by atoms with van der Waals surface area (Å²) < 4.78 is 6.02. The molecule has 0 aromatic carbocycles. The molecule has 5 heteroatoms. The maximum absolute atomic E-state index is 6.02. The normalized spacial score (nSPS) is 17.1. The van der Waals surface area contributed by atoms with Crippen molar-refractivity contribution >= 4 is 24.8 Å². The van der Waals surface area contributed by atoms with Gasteiger partial charge in [-0.2, -0.15) is 0 Å². The van der Waals surface area contributed by atoms with Gasteiger partial charge in [-0.1, -0.05) is 20.8 Å². The van der Waals surface area contributed by atoms with Crippen LogP contribution < -0.4 is 5.32 Å². The van der Waals surface area contributed by atoms with E-state index in [-0.39, 0.29) is 24.8 Å². The van der Waals surface area contributed by atoms with Gasteiger partial charge < -0.3 is 9.73 Å². The molecule has 1 aromatic heterocycles. The van der Waals surface area contributed by atoms with Crippen molar-refractivity contribution in [2.24, 2.45) is 5.92 Å². The van der Waals surface area contributed by atoms with Crippen molar-refractivity contribution in [3.8, 4) is 0 Å². The van der Waals surface area contributed by atoms with Gasteiger partial charge in [0.05, 0.1) is 6.04 Å². The van der Waals surface area contributed by atoms with Crippen LogP contribution in [-0.2, 0) is 6.42 Å². The molecule has 1 N–H and O–H groups in total. The summed E-state index contributed by atoms with van der Waals surface area (Å²) >= 11 is 0. The fraction of sp³-hybridized carbons (Fsp3) is 0.750. The van der Waals surface area contributed by atoms with Gasteiger partial charge in [0, 0.05) is 32.6 Å². The molecule has 0 bridgehead atoms. The Balaban J connectivity index is 0.00000200. The molecule has 0 aliphatic carbocycles. The van der Waals surface area contributed by atoms with Gasteiger partial charge in [0.2, 0.25) is 0 Å². The average Bonchev–Trinajstić information content (AvgIpc) is 2.89. The van der Waals surface area contributed by atoms with Crippen LogP contribution in [0.1, 0.15) is 51.2 Å². The molecule has 0 unspecified atom stereocenters. The Kier molecular flexibility index (Phi) is 10.4. The van der Waals surface area contributed by atoms with Gasteiger partial charge in [0.25, 0.3) is 0 Å². The molecule has 1 saturated heterocycles. The van der Waals surface area contributed by atoms with E-state index in [9.17, 15) is 0 Å². The van der Waals surface area contributed by atoms with E-state index in [1.165, 1.54) is 18.6 Å². The number of piperazine rings is 1. The predicted octanol–water partition coefficient (Wildman–Crippen LogP) is 4.07. The van der Waals surface area contributed by atoms with Crippen molar-refractivity contribution in [1.82, 2.24) is 10.2 Å². The summed E-state index contributed by atoms with van der Waals surface area (Å²) in [6.45, 7) is 11.2. The maximum atomic E-state index is 6.02. The standard InChI is InChI=1S/C16H28N2O.2ClH/c1-4-14-6-8-16(19-14)15(7-5-13(2)3)18-11-9-17-10-12-18;;/h6,8,13,15,17H,4-5,7,9-12H2,1-3H3;2*1H/t15-;;/m1../s1. The molecule has 2 heterocycles. The van der Waals surface area contributed by atoms with Gasteiger partial charge in [0.1, 0.15) is 11.5 Å². The number of hydrogen-bond acceptors (Lipinski definition) is 3. The average molecular weight is 337 g/mol. The van der Waals surface area contributed by atoms with E-state index in [0.29, 0.717) is 6.04 Å². The summed E-state index contributed by atoms with van der Waals surface area (Å²) in [5.74, 6) is 3.03. The second kappa shape index (κ2) is 10.5. The third-order valence-electron chi connectivity index (χ3n) is 3.97. The van der Waals surface area contributed by atoms with E-state index < -0.39 is 0 Å². The predicted molar refractivity (Wildman–Crippen MR) is 93.8 cm³/mol. The lowest BCUT2D eigenvalue weighted by molar-refractivity contribution is 0.140. The molecule has 1 fully saturated rings. The van der Waals surface area contributed by atoms with Crippen LogP contribution in [0.15, 0.2) is 16.5 Å². The quantitative estimate of drug-likeness (QED) is 0.848. The fourth-order valence-corrected chi connectivity index (χ4v) is 2.75. The van der Waals surface area contributed by atoms with Crippen molar-refractivity contribution in [2.45, 2.75) is 46.1 Å². The highest BCUT2D eigenvalue weighted by atomic mass is 35.5. The first-order chi connectivity index (χ1) is 9.20. The van der Waals surface area contributed by atoms with Crippen LogP contribution in [-0.4, -0.2) is 31.1 Å². The zero-order valence-electron chi connectivity index (χ0n) is 13.4. The van der Waals surface area contributed by atoms with Crippen molar-refractivity contribution in [1.29, 1.82) is 0 Å². The molecule has 2 rings (SSSR count). The highest BCUT2D eigenvalue weighted by Crippen LogP contribution is 2.29. The van der Waals surface area contributed by atoms with E-state index >= 15 is 0 Å². The van der Waals surface area contributed by atoms with Crippen LogP contribution in [0, 0.1) is 5.92 Å². The third kappa shape index (κ3) is 6.19. The number of hydrogen-bond donors (Lipinski definition) is 1. The smallest absolute Gasteiger partial charge is 0.121 e. The van der Waals surface area contributed by atoms with Gasteiger partial charge in [-0.3, -0.25) is 4.90 Å². The van der Waals surface area contributed by atoms with E-state index in [0.717, 1.165) is 44.3 Å². The Labute approximate surface area is 141 Å². The molecule has 3 nitrogen and oxygen atoms in total. The molecular weight excluding hydrogens is 307 g/mol. The minimum absolute atomic E-state index is 0. The van der Waals surface area contributed by atoms with Gasteiger partial charge in [0.15, 0.2) is 0 Å². The minimum Gasteiger partial charge on any atom is -0.464 e. The highest BCUT2D eigenvalue weighted by Gasteiger charge is 2.24. The molecule has 0 saturated carbocycles. The lowest BCUT2D eigenvalue weighted by Gasteiger charge is -2.34. The number of halogens is 2. The van der Waals surface area contributed by atoms with Crippen molar-refractivity contribution < 1.29 is 4.42 Å². The highest BCUT2D eigenvalue weighted by molar-refractivity contribution is 5.85. The van der Waals surface area contributed by atoms with Crippen molar-refractivity contribution in [3.05, 3.63) is 23.7 Å². The molecule has 1 aliphatic heterocycles. The zero-order valence-corrected chi connectivity index (χ0v) is 15.1. The minimum atomic E-state index is 0. The Morgan fingerprint density at radius 2 is 1.81 bits per heavy atom. The van der Waals surface area contributed by atoms with Gasteiger partial charge in [-0.05, 0) is 30.9 Å². The molecule has 1 aliphatic rings. The monoisotopic (exact) mass is 336 g/mol. The van der Waals surface area contributed by atoms with E-state index in [2.05, 4.69) is 43.1 Å². The summed E-state index contributed by atoms with van der Waals surface area (Å²) in [6.07, 6.45) is 3.45. The first-order valence-corrected chi connectivity index (χ1v) is 7.74. The second-order valence-corrected chi connectivity index (χ2v) is 5.93. The molecule has 124 valence electrons. The molecule has 1 aromatic rings. The van der Waals surface area contributed by atoms with Crippen LogP contribution in [0.3, 0.4) is 0 Å². The largest absolute Gasteiger partial charge is 0.464 e. The Bertz CT molecular complexity index is 376. The van der Waals surface area contributed by atoms with E-state index in [1.807, 2.05) is 0 Å². The van der Waals surface area contributed by atoms with Gasteiger partial charge in [-0.15, -0.1) is 24.8 Å². The van der Waals surface area contributed by atoms with Crippen LogP contribution in [0.5, 0.6) is 0 Å². The number of rotatable bonds is 6. The summed E-state index contributed by atoms with van der Waals surface area (Å²) in [7, 11) is 0. The molecule has 0 radical (unpaired) electrons. The van der Waals surface area contributed by atoms with Gasteiger partial charge in [-0.25, -0.2) is 0 Å². The van der Waals surface area contributed by atoms with Crippen molar-refractivity contribution in [2.75, 3.05) is 26.2 Å². The molecule has 0 amide bonds. The Hall–Kier alpha value is -0.220. The molecular formula is C16H30Cl2N2O. The summed E-state index contributed by atoms with van der Waals surface area (Å²) in [6, 6.07) is 4.79. The summed E-state index contributed by atoms with van der Waals surface area (Å²) in [5.41, 5.74) is 0. The lowest BCUT2D eigenvalue weighted by Crippen LogP contribution is -2.45. The summed E-state index contributed by atoms with van der Waals surface area (Å²) in [4.78, 5) is 2.58. The van der Waals surface area contributed by atoms with Crippen molar-refractivity contribution in [3.63, 3.8) is 0 Å². The Morgan fingerprint density at radius 1 is 1.14 bits per heavy atom.